The minimum atomic E-state index is -1.36. The molecule has 0 radical (unpaired) electrons. The maximum absolute atomic E-state index is 13.7. The zero-order chi connectivity index (χ0) is 29.4. The topological polar surface area (TPSA) is 130 Å². The van der Waals surface area contributed by atoms with Gasteiger partial charge in [0.2, 0.25) is 5.36 Å². The summed E-state index contributed by atoms with van der Waals surface area (Å²) in [4.78, 5) is 39.0. The summed E-state index contributed by atoms with van der Waals surface area (Å²) in [5, 5.41) is 23.5. The van der Waals surface area contributed by atoms with E-state index in [1.54, 1.807) is 12.1 Å². The number of hydrogen-bond acceptors (Lipinski definition) is 7. The van der Waals surface area contributed by atoms with Crippen LogP contribution in [0.3, 0.4) is 0 Å². The van der Waals surface area contributed by atoms with E-state index in [4.69, 9.17) is 8.83 Å². The number of anilines is 1. The summed E-state index contributed by atoms with van der Waals surface area (Å²) in [5.41, 5.74) is 0.967. The van der Waals surface area contributed by atoms with Crippen molar-refractivity contribution in [1.82, 2.24) is 4.58 Å². The maximum atomic E-state index is 13.7. The number of nitro groups is 1. The number of aromatic carboxylic acids is 1. The lowest BCUT2D eigenvalue weighted by molar-refractivity contribution is -0.384. The summed E-state index contributed by atoms with van der Waals surface area (Å²) in [6.07, 6.45) is 0. The molecule has 0 saturated heterocycles. The van der Waals surface area contributed by atoms with E-state index in [0.717, 1.165) is 43.3 Å². The van der Waals surface area contributed by atoms with Gasteiger partial charge in [-0.3, -0.25) is 10.1 Å². The number of benzene rings is 3. The van der Waals surface area contributed by atoms with E-state index >= 15 is 0 Å². The van der Waals surface area contributed by atoms with Crippen molar-refractivity contribution >= 4 is 50.3 Å². The predicted octanol–water partition coefficient (Wildman–Crippen LogP) is 5.62. The van der Waals surface area contributed by atoms with Crippen molar-refractivity contribution in [1.29, 1.82) is 0 Å². The Morgan fingerprint density at radius 1 is 0.902 bits per heavy atom. The number of nitro benzene ring substituents is 1. The van der Waals surface area contributed by atoms with Gasteiger partial charge in [0.15, 0.2) is 5.58 Å². The van der Waals surface area contributed by atoms with Crippen molar-refractivity contribution in [3.8, 4) is 11.1 Å². The van der Waals surface area contributed by atoms with Gasteiger partial charge in [-0.2, -0.15) is 0 Å². The highest BCUT2D eigenvalue weighted by Crippen LogP contribution is 2.40. The summed E-state index contributed by atoms with van der Waals surface area (Å²) in [6, 6.07) is 14.7. The van der Waals surface area contributed by atoms with E-state index in [0.29, 0.717) is 21.9 Å². The van der Waals surface area contributed by atoms with Gasteiger partial charge in [-0.25, -0.2) is 14.2 Å². The van der Waals surface area contributed by atoms with Crippen molar-refractivity contribution in [3.63, 3.8) is 0 Å². The average molecular weight is 557 g/mol. The van der Waals surface area contributed by atoms with E-state index in [-0.39, 0.29) is 33.3 Å². The second-order valence-corrected chi connectivity index (χ2v) is 9.57. The summed E-state index contributed by atoms with van der Waals surface area (Å²) < 4.78 is 14.4. The summed E-state index contributed by atoms with van der Waals surface area (Å²) in [5.74, 6) is -1.36. The summed E-state index contributed by atoms with van der Waals surface area (Å²) >= 11 is 0. The Balaban J connectivity index is 1.99. The number of rotatable bonds is 8. The van der Waals surface area contributed by atoms with Gasteiger partial charge in [0.1, 0.15) is 29.6 Å². The molecule has 0 aliphatic carbocycles. The number of carboxylic acids is 1. The Hall–Kier alpha value is -4.99. The number of hydrogen-bond donors (Lipinski definition) is 1. The fourth-order valence-corrected chi connectivity index (χ4v) is 5.42. The first-order valence-electron chi connectivity index (χ1n) is 13.5. The maximum Gasteiger partial charge on any atom is 0.348 e. The number of carbonyl (C=O) groups is 1. The first kappa shape index (κ1) is 27.6. The van der Waals surface area contributed by atoms with Crippen molar-refractivity contribution in [2.75, 3.05) is 31.1 Å². The molecule has 0 fully saturated rings. The molecule has 0 aliphatic rings. The lowest BCUT2D eigenvalue weighted by Crippen LogP contribution is -2.29. The van der Waals surface area contributed by atoms with E-state index < -0.39 is 16.5 Å². The van der Waals surface area contributed by atoms with E-state index in [1.807, 2.05) is 52.0 Å². The SMILES string of the molecule is CCN(CC)c1ccc2c(-c3ccc([N+](=O)[O-])cc3C(=O)O)c3c(=O)oc4cc(=[N+](CC)CC)ccc4c3oc2c1. The molecule has 3 aromatic carbocycles. The molecule has 0 saturated carbocycles. The molecule has 41 heavy (non-hydrogen) atoms. The highest BCUT2D eigenvalue weighted by molar-refractivity contribution is 6.16. The van der Waals surface area contributed by atoms with Crippen LogP contribution < -0.4 is 20.5 Å². The van der Waals surface area contributed by atoms with Gasteiger partial charge in [-0.15, -0.1) is 0 Å². The summed E-state index contributed by atoms with van der Waals surface area (Å²) in [7, 11) is 0. The van der Waals surface area contributed by atoms with Gasteiger partial charge in [0.05, 0.1) is 21.9 Å². The van der Waals surface area contributed by atoms with Crippen molar-refractivity contribution in [2.45, 2.75) is 27.7 Å². The molecule has 10 nitrogen and oxygen atoms in total. The number of non-ortho nitro benzene ring substituents is 1. The predicted molar refractivity (Wildman–Crippen MR) is 159 cm³/mol. The smallest absolute Gasteiger partial charge is 0.348 e. The minimum Gasteiger partial charge on any atom is -0.478 e. The van der Waals surface area contributed by atoms with E-state index in [9.17, 15) is 24.8 Å². The molecule has 0 amide bonds. The molecule has 2 heterocycles. The van der Waals surface area contributed by atoms with Crippen LogP contribution >= 0.6 is 0 Å². The zero-order valence-corrected chi connectivity index (χ0v) is 23.3. The van der Waals surface area contributed by atoms with Gasteiger partial charge >= 0.3 is 11.6 Å². The first-order valence-corrected chi connectivity index (χ1v) is 13.5. The second-order valence-electron chi connectivity index (χ2n) is 9.57. The number of fused-ring (bicyclic) bond motifs is 4. The lowest BCUT2D eigenvalue weighted by atomic mass is 9.93. The minimum absolute atomic E-state index is 0.0625. The Morgan fingerprint density at radius 3 is 2.22 bits per heavy atom. The number of nitrogens with zero attached hydrogens (tertiary/aromatic N) is 3. The molecule has 0 unspecified atom stereocenters. The largest absolute Gasteiger partial charge is 0.478 e. The molecule has 0 bridgehead atoms. The van der Waals surface area contributed by atoms with Crippen LogP contribution in [0, 0.1) is 10.1 Å². The first-order chi connectivity index (χ1) is 19.7. The van der Waals surface area contributed by atoms with Crippen molar-refractivity contribution in [3.05, 3.63) is 86.1 Å². The highest BCUT2D eigenvalue weighted by Gasteiger charge is 2.25. The Labute approximate surface area is 234 Å². The van der Waals surface area contributed by atoms with E-state index in [1.165, 1.54) is 12.1 Å². The van der Waals surface area contributed by atoms with Crippen LogP contribution in [0.25, 0.3) is 44.0 Å². The third kappa shape index (κ3) is 4.71. The van der Waals surface area contributed by atoms with Gasteiger partial charge in [-0.05, 0) is 57.5 Å². The van der Waals surface area contributed by atoms with Crippen molar-refractivity contribution < 1.29 is 23.7 Å². The zero-order valence-electron chi connectivity index (χ0n) is 23.3. The molecule has 2 aromatic heterocycles. The lowest BCUT2D eigenvalue weighted by Gasteiger charge is -2.22. The molecule has 1 N–H and O–H groups in total. The van der Waals surface area contributed by atoms with Crippen LogP contribution in [0.5, 0.6) is 0 Å². The van der Waals surface area contributed by atoms with E-state index in [2.05, 4.69) is 9.48 Å². The molecular weight excluding hydrogens is 526 g/mol. The Bertz CT molecular complexity index is 1980. The molecule has 5 rings (SSSR count). The fourth-order valence-electron chi connectivity index (χ4n) is 5.42. The fraction of sp³-hybridized carbons (Fsp3) is 0.258. The van der Waals surface area contributed by atoms with Crippen LogP contribution in [0.4, 0.5) is 11.4 Å². The average Bonchev–Trinajstić information content (AvgIpc) is 2.97. The van der Waals surface area contributed by atoms with Crippen LogP contribution in [0.15, 0.2) is 68.2 Å². The van der Waals surface area contributed by atoms with Crippen LogP contribution in [-0.4, -0.2) is 42.2 Å². The molecular formula is C31H30N3O7+. The summed E-state index contributed by atoms with van der Waals surface area (Å²) in [6.45, 7) is 11.2. The van der Waals surface area contributed by atoms with Gasteiger partial charge in [0.25, 0.3) is 5.69 Å². The van der Waals surface area contributed by atoms with Gasteiger partial charge < -0.3 is 18.8 Å². The van der Waals surface area contributed by atoms with Crippen LogP contribution in [0.1, 0.15) is 38.1 Å². The molecule has 5 aromatic rings. The molecule has 0 aliphatic heterocycles. The third-order valence-corrected chi connectivity index (χ3v) is 7.51. The standard InChI is InChI=1S/C31H29N3O7/c1-5-32(6-2)18-9-13-22-25(16-18)40-29-23-14-10-19(33(7-3)8-4)17-26(23)41-31(37)28(29)27(22)21-12-11-20(34(38)39)15-24(21)30(35)36/h9-17H,5-8H2,1-4H3/p+1. The quantitative estimate of drug-likeness (QED) is 0.0651. The Morgan fingerprint density at radius 2 is 1.59 bits per heavy atom. The second kappa shape index (κ2) is 10.9. The molecule has 0 atom stereocenters. The normalized spacial score (nSPS) is 11.3. The van der Waals surface area contributed by atoms with Gasteiger partial charge in [0, 0.05) is 54.0 Å². The molecule has 0 spiro atoms. The third-order valence-electron chi connectivity index (χ3n) is 7.51. The van der Waals surface area contributed by atoms with Crippen LogP contribution in [-0.2, 0) is 0 Å². The van der Waals surface area contributed by atoms with Gasteiger partial charge in [-0.1, -0.05) is 0 Å². The van der Waals surface area contributed by atoms with Crippen LogP contribution in [0.2, 0.25) is 0 Å². The number of carboxylic acid groups (broad SMARTS) is 1. The monoisotopic (exact) mass is 556 g/mol. The van der Waals surface area contributed by atoms with Crippen molar-refractivity contribution in [2.24, 2.45) is 0 Å². The molecule has 210 valence electrons. The molecule has 10 heteroatoms. The Kier molecular flexibility index (Phi) is 7.32. The highest BCUT2D eigenvalue weighted by atomic mass is 16.6.